The minimum atomic E-state index is -3.96. The molecule has 1 N–H and O–H groups in total. The Hall–Kier alpha value is -2.87. The van der Waals surface area contributed by atoms with Crippen LogP contribution in [-0.4, -0.2) is 45.4 Å². The molecule has 3 aromatic carbocycles. The molecule has 4 rings (SSSR count). The van der Waals surface area contributed by atoms with Crippen molar-refractivity contribution in [3.63, 3.8) is 0 Å². The smallest absolute Gasteiger partial charge is 0.264 e. The summed E-state index contributed by atoms with van der Waals surface area (Å²) in [5, 5.41) is 3.55. The van der Waals surface area contributed by atoms with E-state index in [1.165, 1.54) is 17.1 Å². The van der Waals surface area contributed by atoms with Gasteiger partial charge >= 0.3 is 0 Å². The Bertz CT molecular complexity index is 1270. The van der Waals surface area contributed by atoms with Gasteiger partial charge in [0.05, 0.1) is 22.7 Å². The average molecular weight is 526 g/mol. The molecule has 1 aliphatic rings. The van der Waals surface area contributed by atoms with Gasteiger partial charge in [0.2, 0.25) is 0 Å². The third kappa shape index (κ3) is 6.46. The van der Waals surface area contributed by atoms with Crippen molar-refractivity contribution in [1.29, 1.82) is 0 Å². The van der Waals surface area contributed by atoms with Crippen LogP contribution >= 0.6 is 11.6 Å². The first-order valence-electron chi connectivity index (χ1n) is 12.3. The monoisotopic (exact) mass is 525 g/mol. The number of hydrogen-bond acceptors (Lipinski definition) is 4. The number of carbonyl (C=O) groups excluding carboxylic acids is 1. The third-order valence-corrected chi connectivity index (χ3v) is 8.43. The van der Waals surface area contributed by atoms with Crippen molar-refractivity contribution in [3.05, 3.63) is 94.5 Å². The molecule has 0 unspecified atom stereocenters. The van der Waals surface area contributed by atoms with E-state index < -0.39 is 10.0 Å². The zero-order valence-corrected chi connectivity index (χ0v) is 22.1. The van der Waals surface area contributed by atoms with E-state index in [2.05, 4.69) is 10.2 Å². The number of nitrogens with zero attached hydrogens (tertiary/aromatic N) is 2. The van der Waals surface area contributed by atoms with Crippen molar-refractivity contribution in [3.8, 4) is 0 Å². The Balaban J connectivity index is 1.61. The first-order chi connectivity index (χ1) is 17.3. The maximum Gasteiger partial charge on any atom is 0.264 e. The molecular weight excluding hydrogens is 494 g/mol. The molecular formula is C28H32ClN3O3S. The molecule has 3 aromatic rings. The molecule has 190 valence electrons. The summed E-state index contributed by atoms with van der Waals surface area (Å²) in [7, 11) is -3.96. The minimum absolute atomic E-state index is 0.0621. The predicted octanol–water partition coefficient (Wildman–Crippen LogP) is 5.26. The fourth-order valence-electron chi connectivity index (χ4n) is 4.38. The van der Waals surface area contributed by atoms with E-state index in [-0.39, 0.29) is 17.3 Å². The van der Waals surface area contributed by atoms with Crippen LogP contribution in [0.25, 0.3) is 0 Å². The molecule has 6 nitrogen and oxygen atoms in total. The van der Waals surface area contributed by atoms with Gasteiger partial charge in [-0.1, -0.05) is 53.6 Å². The van der Waals surface area contributed by atoms with Crippen molar-refractivity contribution >= 4 is 33.2 Å². The van der Waals surface area contributed by atoms with Crippen LogP contribution < -0.4 is 9.62 Å². The molecule has 1 aliphatic heterocycles. The summed E-state index contributed by atoms with van der Waals surface area (Å²) in [4.78, 5) is 15.8. The number of aryl methyl sites for hydroxylation is 1. The van der Waals surface area contributed by atoms with Gasteiger partial charge in [0.25, 0.3) is 15.9 Å². The first kappa shape index (κ1) is 26.2. The maximum absolute atomic E-state index is 13.9. The van der Waals surface area contributed by atoms with E-state index in [9.17, 15) is 13.2 Å². The molecule has 1 saturated heterocycles. The lowest BCUT2D eigenvalue weighted by Gasteiger charge is -2.27. The lowest BCUT2D eigenvalue weighted by Crippen LogP contribution is -2.34. The number of carbonyl (C=O) groups is 1. The van der Waals surface area contributed by atoms with Crippen LogP contribution in [0.4, 0.5) is 5.69 Å². The highest BCUT2D eigenvalue weighted by Gasteiger charge is 2.28. The topological polar surface area (TPSA) is 69.7 Å². The van der Waals surface area contributed by atoms with Gasteiger partial charge in [0.15, 0.2) is 0 Å². The molecule has 0 saturated carbocycles. The largest absolute Gasteiger partial charge is 0.352 e. The predicted molar refractivity (Wildman–Crippen MR) is 145 cm³/mol. The summed E-state index contributed by atoms with van der Waals surface area (Å²) in [6, 6.07) is 20.6. The number of nitrogens with one attached hydrogen (secondary N) is 1. The van der Waals surface area contributed by atoms with Crippen LogP contribution in [0.3, 0.4) is 0 Å². The summed E-state index contributed by atoms with van der Waals surface area (Å²) in [5.41, 5.74) is 2.39. The molecule has 0 spiro atoms. The van der Waals surface area contributed by atoms with Gasteiger partial charge in [0, 0.05) is 11.6 Å². The van der Waals surface area contributed by atoms with Gasteiger partial charge in [-0.3, -0.25) is 9.10 Å². The van der Waals surface area contributed by atoms with Gasteiger partial charge in [-0.2, -0.15) is 0 Å². The lowest BCUT2D eigenvalue weighted by molar-refractivity contribution is 0.0952. The number of amides is 1. The molecule has 0 atom stereocenters. The van der Waals surface area contributed by atoms with Crippen molar-refractivity contribution in [1.82, 2.24) is 10.2 Å². The number of benzene rings is 3. The molecule has 0 aromatic heterocycles. The van der Waals surface area contributed by atoms with Crippen molar-refractivity contribution in [2.24, 2.45) is 0 Å². The summed E-state index contributed by atoms with van der Waals surface area (Å²) >= 11 is 6.05. The highest BCUT2D eigenvalue weighted by molar-refractivity contribution is 7.92. The lowest BCUT2D eigenvalue weighted by atomic mass is 10.1. The fourth-order valence-corrected chi connectivity index (χ4v) is 5.98. The van der Waals surface area contributed by atoms with Gasteiger partial charge in [-0.05, 0) is 87.8 Å². The normalized spacial score (nSPS) is 14.1. The quantitative estimate of drug-likeness (QED) is 0.367. The zero-order chi connectivity index (χ0) is 25.5. The molecule has 1 fully saturated rings. The van der Waals surface area contributed by atoms with Crippen LogP contribution in [0, 0.1) is 6.92 Å². The number of sulfonamides is 1. The summed E-state index contributed by atoms with van der Waals surface area (Å²) in [5.74, 6) is -0.285. The van der Waals surface area contributed by atoms with E-state index in [1.54, 1.807) is 72.8 Å². The number of halogens is 1. The molecule has 8 heteroatoms. The van der Waals surface area contributed by atoms with Crippen molar-refractivity contribution < 1.29 is 13.2 Å². The summed E-state index contributed by atoms with van der Waals surface area (Å²) in [6.07, 6.45) is 3.32. The van der Waals surface area contributed by atoms with Crippen LogP contribution in [0.15, 0.2) is 77.7 Å². The van der Waals surface area contributed by atoms with E-state index in [4.69, 9.17) is 11.6 Å². The van der Waals surface area contributed by atoms with Crippen molar-refractivity contribution in [2.75, 3.05) is 30.5 Å². The number of anilines is 1. The Labute approximate surface area is 218 Å². The molecule has 1 heterocycles. The zero-order valence-electron chi connectivity index (χ0n) is 20.5. The van der Waals surface area contributed by atoms with Gasteiger partial charge < -0.3 is 10.2 Å². The van der Waals surface area contributed by atoms with E-state index in [0.29, 0.717) is 22.8 Å². The highest BCUT2D eigenvalue weighted by Crippen LogP contribution is 2.30. The third-order valence-electron chi connectivity index (χ3n) is 6.40. The molecule has 0 radical (unpaired) electrons. The van der Waals surface area contributed by atoms with E-state index in [1.807, 2.05) is 6.92 Å². The first-order valence-corrected chi connectivity index (χ1v) is 14.1. The average Bonchev–Trinajstić information content (AvgIpc) is 3.40. The molecule has 1 amide bonds. The summed E-state index contributed by atoms with van der Waals surface area (Å²) in [6.45, 7) is 5.69. The molecule has 0 aliphatic carbocycles. The number of hydrogen-bond donors (Lipinski definition) is 1. The molecule has 36 heavy (non-hydrogen) atoms. The minimum Gasteiger partial charge on any atom is -0.352 e. The highest BCUT2D eigenvalue weighted by atomic mass is 35.5. The Kier molecular flexibility index (Phi) is 8.67. The number of para-hydroxylation sites is 1. The fraction of sp³-hybridized carbons (Fsp3) is 0.321. The second kappa shape index (κ2) is 11.9. The Morgan fingerprint density at radius 3 is 2.33 bits per heavy atom. The van der Waals surface area contributed by atoms with E-state index in [0.717, 1.165) is 37.2 Å². The second-order valence-electron chi connectivity index (χ2n) is 9.13. The standard InChI is InChI=1S/C28H32ClN3O3S/c1-22-9-15-25(16-10-22)36(34,35)32(21-23-11-13-24(29)14-12-23)27-8-3-2-7-26(27)28(33)30-17-6-20-31-18-4-5-19-31/h2-3,7-16H,4-6,17-21H2,1H3,(H,30,33). The van der Waals surface area contributed by atoms with E-state index >= 15 is 0 Å². The number of rotatable bonds is 10. The van der Waals surface area contributed by atoms with Crippen LogP contribution in [-0.2, 0) is 16.6 Å². The van der Waals surface area contributed by atoms with Gasteiger partial charge in [-0.25, -0.2) is 8.42 Å². The maximum atomic E-state index is 13.9. The van der Waals surface area contributed by atoms with Gasteiger partial charge in [-0.15, -0.1) is 0 Å². The van der Waals surface area contributed by atoms with Gasteiger partial charge in [0.1, 0.15) is 0 Å². The number of likely N-dealkylation sites (tertiary alicyclic amines) is 1. The second-order valence-corrected chi connectivity index (χ2v) is 11.4. The Morgan fingerprint density at radius 2 is 1.64 bits per heavy atom. The van der Waals surface area contributed by atoms with Crippen LogP contribution in [0.5, 0.6) is 0 Å². The SMILES string of the molecule is Cc1ccc(S(=O)(=O)N(Cc2ccc(Cl)cc2)c2ccccc2C(=O)NCCCN2CCCC2)cc1. The summed E-state index contributed by atoms with van der Waals surface area (Å²) < 4.78 is 29.0. The van der Waals surface area contributed by atoms with Crippen LogP contribution in [0.1, 0.15) is 40.7 Å². The Morgan fingerprint density at radius 1 is 0.972 bits per heavy atom. The molecule has 0 bridgehead atoms. The van der Waals surface area contributed by atoms with Crippen LogP contribution in [0.2, 0.25) is 5.02 Å². The van der Waals surface area contributed by atoms with Crippen molar-refractivity contribution in [2.45, 2.75) is 37.6 Å².